The van der Waals surface area contributed by atoms with Crippen LogP contribution in [0.1, 0.15) is 21.9 Å². The van der Waals surface area contributed by atoms with E-state index in [0.717, 1.165) is 0 Å². The summed E-state index contributed by atoms with van der Waals surface area (Å²) in [5.41, 5.74) is 0.568. The minimum absolute atomic E-state index is 0.00415. The first-order valence-electron chi connectivity index (χ1n) is 7.68. The van der Waals surface area contributed by atoms with Crippen molar-refractivity contribution in [1.29, 1.82) is 0 Å². The predicted octanol–water partition coefficient (Wildman–Crippen LogP) is 0.629. The van der Waals surface area contributed by atoms with Crippen LogP contribution in [0.4, 0.5) is 0 Å². The van der Waals surface area contributed by atoms with Crippen molar-refractivity contribution in [2.45, 2.75) is 20.0 Å². The highest BCUT2D eigenvalue weighted by Crippen LogP contribution is 2.27. The Balaban J connectivity index is 1.75. The number of aryl methyl sites for hydroxylation is 2. The molecule has 0 radical (unpaired) electrons. The van der Waals surface area contributed by atoms with Gasteiger partial charge in [-0.1, -0.05) is 0 Å². The van der Waals surface area contributed by atoms with E-state index in [1.54, 1.807) is 17.9 Å². The van der Waals surface area contributed by atoms with Crippen LogP contribution in [-0.2, 0) is 14.8 Å². The van der Waals surface area contributed by atoms with Gasteiger partial charge in [0.05, 0.1) is 24.5 Å². The average Bonchev–Trinajstić information content (AvgIpc) is 2.93. The van der Waals surface area contributed by atoms with Gasteiger partial charge < -0.3 is 14.1 Å². The summed E-state index contributed by atoms with van der Waals surface area (Å²) < 4.78 is 36.2. The molecule has 3 heterocycles. The second kappa shape index (κ2) is 5.92. The van der Waals surface area contributed by atoms with Crippen molar-refractivity contribution in [2.75, 3.05) is 39.0 Å². The summed E-state index contributed by atoms with van der Waals surface area (Å²) >= 11 is 0. The van der Waals surface area contributed by atoms with Crippen LogP contribution in [0.25, 0.3) is 0 Å². The van der Waals surface area contributed by atoms with Gasteiger partial charge in [0.1, 0.15) is 11.5 Å². The Hall–Kier alpha value is -1.38. The van der Waals surface area contributed by atoms with Gasteiger partial charge in [0.15, 0.2) is 0 Å². The molecule has 0 bridgehead atoms. The molecular formula is C15H22N2O5S. The number of furan rings is 1. The van der Waals surface area contributed by atoms with Crippen LogP contribution in [0, 0.1) is 19.8 Å². The Labute approximate surface area is 136 Å². The number of likely N-dealkylation sites (tertiary alicyclic amines) is 1. The van der Waals surface area contributed by atoms with E-state index in [1.165, 1.54) is 10.6 Å². The summed E-state index contributed by atoms with van der Waals surface area (Å²) in [7, 11) is -3.25. The molecule has 2 saturated heterocycles. The topological polar surface area (TPSA) is 80.1 Å². The number of ether oxygens (including phenoxy) is 1. The third-order valence-corrected chi connectivity index (χ3v) is 5.79. The highest BCUT2D eigenvalue weighted by molar-refractivity contribution is 7.88. The Kier molecular flexibility index (Phi) is 4.24. The first-order chi connectivity index (χ1) is 10.8. The Morgan fingerprint density at radius 2 is 2.00 bits per heavy atom. The van der Waals surface area contributed by atoms with Gasteiger partial charge in [-0.15, -0.1) is 0 Å². The molecule has 2 atom stereocenters. The largest absolute Gasteiger partial charge is 0.466 e. The summed E-state index contributed by atoms with van der Waals surface area (Å²) in [6.45, 7) is 5.71. The lowest BCUT2D eigenvalue weighted by atomic mass is 10.1. The summed E-state index contributed by atoms with van der Waals surface area (Å²) in [6.07, 6.45) is 1.10. The Morgan fingerprint density at radius 1 is 1.26 bits per heavy atom. The number of amides is 1. The van der Waals surface area contributed by atoms with Crippen LogP contribution in [0.5, 0.6) is 0 Å². The molecule has 3 rings (SSSR count). The molecule has 23 heavy (non-hydrogen) atoms. The van der Waals surface area contributed by atoms with E-state index in [9.17, 15) is 13.2 Å². The number of carbonyl (C=O) groups is 1. The van der Waals surface area contributed by atoms with E-state index < -0.39 is 10.0 Å². The highest BCUT2D eigenvalue weighted by Gasteiger charge is 2.40. The minimum Gasteiger partial charge on any atom is -0.466 e. The normalized spacial score (nSPS) is 26.1. The van der Waals surface area contributed by atoms with Gasteiger partial charge in [0.2, 0.25) is 10.0 Å². The van der Waals surface area contributed by atoms with Crippen molar-refractivity contribution in [2.24, 2.45) is 5.92 Å². The maximum Gasteiger partial charge on any atom is 0.257 e. The SMILES string of the molecule is Cc1cc(C(=O)N2C[C@H]3CN(S(C)(=O)=O)CCO[C@H]3C2)c(C)o1. The second-order valence-corrected chi connectivity index (χ2v) is 8.31. The van der Waals surface area contributed by atoms with Crippen molar-refractivity contribution >= 4 is 15.9 Å². The van der Waals surface area contributed by atoms with Gasteiger partial charge in [0.25, 0.3) is 5.91 Å². The number of carbonyl (C=O) groups excluding carboxylic acids is 1. The van der Waals surface area contributed by atoms with Gasteiger partial charge in [-0.3, -0.25) is 4.79 Å². The standard InChI is InChI=1S/C15H22N2O5S/c1-10-6-13(11(2)22-10)15(18)16-7-12-8-17(23(3,19)20)4-5-21-14(12)9-16/h6,12,14H,4-5,7-9H2,1-3H3/t12-,14-/m0/s1. The molecule has 8 heteroatoms. The van der Waals surface area contributed by atoms with Gasteiger partial charge >= 0.3 is 0 Å². The molecule has 0 N–H and O–H groups in total. The van der Waals surface area contributed by atoms with E-state index in [1.807, 2.05) is 6.92 Å². The fourth-order valence-electron chi connectivity index (χ4n) is 3.34. The summed E-state index contributed by atoms with van der Waals surface area (Å²) in [5.74, 6) is 1.24. The predicted molar refractivity (Wildman–Crippen MR) is 83.7 cm³/mol. The van der Waals surface area contributed by atoms with E-state index in [4.69, 9.17) is 9.15 Å². The molecule has 7 nitrogen and oxygen atoms in total. The first-order valence-corrected chi connectivity index (χ1v) is 9.53. The van der Waals surface area contributed by atoms with Crippen LogP contribution >= 0.6 is 0 Å². The van der Waals surface area contributed by atoms with Gasteiger partial charge in [-0.2, -0.15) is 4.31 Å². The molecule has 128 valence electrons. The lowest BCUT2D eigenvalue weighted by molar-refractivity contribution is 0.0491. The number of hydrogen-bond donors (Lipinski definition) is 0. The fourth-order valence-corrected chi connectivity index (χ4v) is 4.21. The van der Waals surface area contributed by atoms with Crippen LogP contribution < -0.4 is 0 Å². The number of fused-ring (bicyclic) bond motifs is 1. The number of nitrogens with zero attached hydrogens (tertiary/aromatic N) is 2. The molecular weight excluding hydrogens is 320 g/mol. The Bertz CT molecular complexity index is 711. The maximum absolute atomic E-state index is 12.7. The van der Waals surface area contributed by atoms with Crippen LogP contribution in [0.3, 0.4) is 0 Å². The zero-order chi connectivity index (χ0) is 16.8. The summed E-state index contributed by atoms with van der Waals surface area (Å²) in [6, 6.07) is 1.75. The van der Waals surface area contributed by atoms with Crippen molar-refractivity contribution in [3.63, 3.8) is 0 Å². The highest BCUT2D eigenvalue weighted by atomic mass is 32.2. The van der Waals surface area contributed by atoms with E-state index in [2.05, 4.69) is 0 Å². The molecule has 0 spiro atoms. The van der Waals surface area contributed by atoms with E-state index in [-0.39, 0.29) is 17.9 Å². The van der Waals surface area contributed by atoms with Crippen molar-refractivity contribution in [1.82, 2.24) is 9.21 Å². The van der Waals surface area contributed by atoms with Gasteiger partial charge in [-0.05, 0) is 19.9 Å². The van der Waals surface area contributed by atoms with Crippen molar-refractivity contribution in [3.8, 4) is 0 Å². The maximum atomic E-state index is 12.7. The number of sulfonamides is 1. The third-order valence-electron chi connectivity index (χ3n) is 4.52. The molecule has 1 aromatic heterocycles. The molecule has 2 aliphatic rings. The zero-order valence-corrected chi connectivity index (χ0v) is 14.4. The van der Waals surface area contributed by atoms with Crippen LogP contribution in [0.15, 0.2) is 10.5 Å². The second-order valence-electron chi connectivity index (χ2n) is 6.33. The quantitative estimate of drug-likeness (QED) is 0.787. The molecule has 0 saturated carbocycles. The number of rotatable bonds is 2. The van der Waals surface area contributed by atoms with Gasteiger partial charge in [-0.25, -0.2) is 8.42 Å². The minimum atomic E-state index is -3.25. The van der Waals surface area contributed by atoms with Crippen molar-refractivity contribution in [3.05, 3.63) is 23.2 Å². The third kappa shape index (κ3) is 3.29. The first kappa shape index (κ1) is 16.5. The lowest BCUT2D eigenvalue weighted by Crippen LogP contribution is -2.37. The fraction of sp³-hybridized carbons (Fsp3) is 0.667. The monoisotopic (exact) mass is 342 g/mol. The summed E-state index contributed by atoms with van der Waals surface area (Å²) in [4.78, 5) is 14.4. The smallest absolute Gasteiger partial charge is 0.257 e. The molecule has 2 aliphatic heterocycles. The number of hydrogen-bond acceptors (Lipinski definition) is 5. The van der Waals surface area contributed by atoms with Crippen LogP contribution in [0.2, 0.25) is 0 Å². The van der Waals surface area contributed by atoms with Gasteiger partial charge in [0, 0.05) is 32.1 Å². The van der Waals surface area contributed by atoms with Crippen molar-refractivity contribution < 1.29 is 22.4 Å². The molecule has 0 unspecified atom stereocenters. The van der Waals surface area contributed by atoms with Crippen LogP contribution in [-0.4, -0.2) is 68.7 Å². The van der Waals surface area contributed by atoms with E-state index >= 15 is 0 Å². The molecule has 0 aliphatic carbocycles. The Morgan fingerprint density at radius 3 is 2.61 bits per heavy atom. The average molecular weight is 342 g/mol. The molecule has 0 aromatic carbocycles. The van der Waals surface area contributed by atoms with E-state index in [0.29, 0.717) is 49.9 Å². The summed E-state index contributed by atoms with van der Waals surface area (Å²) in [5, 5.41) is 0. The molecule has 2 fully saturated rings. The lowest BCUT2D eigenvalue weighted by Gasteiger charge is -2.21. The molecule has 1 aromatic rings. The zero-order valence-electron chi connectivity index (χ0n) is 13.6. The molecule has 1 amide bonds.